The number of hydrogen-bond donors (Lipinski definition) is 0. The summed E-state index contributed by atoms with van der Waals surface area (Å²) in [4.78, 5) is 2.37. The number of aromatic nitrogens is 1. The van der Waals surface area contributed by atoms with Crippen LogP contribution in [0.5, 0.6) is 0 Å². The van der Waals surface area contributed by atoms with E-state index in [9.17, 15) is 0 Å². The van der Waals surface area contributed by atoms with Crippen LogP contribution in [-0.2, 0) is 0 Å². The molecule has 0 bridgehead atoms. The molecule has 0 amide bonds. The van der Waals surface area contributed by atoms with Crippen LogP contribution in [-0.4, -0.2) is 23.6 Å². The summed E-state index contributed by atoms with van der Waals surface area (Å²) in [7, 11) is 2.16. The number of hydrogen-bond acceptors (Lipinski definition) is 3. The first-order chi connectivity index (χ1) is 6.70. The molecule has 0 aromatic carbocycles. The highest BCUT2D eigenvalue weighted by molar-refractivity contribution is 5.09. The molecule has 1 aromatic rings. The van der Waals surface area contributed by atoms with Gasteiger partial charge in [0.1, 0.15) is 0 Å². The molecule has 1 aromatic heterocycles. The van der Waals surface area contributed by atoms with Gasteiger partial charge in [-0.15, -0.1) is 0 Å². The highest BCUT2D eigenvalue weighted by Crippen LogP contribution is 2.35. The Kier molecular flexibility index (Phi) is 2.59. The first kappa shape index (κ1) is 9.71. The van der Waals surface area contributed by atoms with E-state index in [1.165, 1.54) is 19.4 Å². The predicted octanol–water partition coefficient (Wildman–Crippen LogP) is 2.39. The van der Waals surface area contributed by atoms with Gasteiger partial charge >= 0.3 is 0 Å². The molecule has 0 saturated carbocycles. The second-order valence-electron chi connectivity index (χ2n) is 4.34. The van der Waals surface area contributed by atoms with Crippen molar-refractivity contribution in [3.8, 4) is 0 Å². The van der Waals surface area contributed by atoms with Crippen molar-refractivity contribution in [2.24, 2.45) is 5.92 Å². The molecule has 0 spiro atoms. The monoisotopic (exact) mass is 194 g/mol. The maximum Gasteiger partial charge on any atom is 0.154 e. The normalized spacial score (nSPS) is 28.5. The van der Waals surface area contributed by atoms with Crippen LogP contribution in [0.15, 0.2) is 10.6 Å². The Bertz CT molecular complexity index is 308. The zero-order valence-electron chi connectivity index (χ0n) is 9.16. The number of aryl methyl sites for hydroxylation is 1. The predicted molar refractivity (Wildman–Crippen MR) is 55.0 cm³/mol. The zero-order valence-corrected chi connectivity index (χ0v) is 9.16. The summed E-state index contributed by atoms with van der Waals surface area (Å²) >= 11 is 0. The van der Waals surface area contributed by atoms with Crippen LogP contribution in [0, 0.1) is 12.8 Å². The van der Waals surface area contributed by atoms with Crippen molar-refractivity contribution in [1.82, 2.24) is 10.1 Å². The average Bonchev–Trinajstić information content (AvgIpc) is 2.71. The quantitative estimate of drug-likeness (QED) is 0.724. The smallest absolute Gasteiger partial charge is 0.154 e. The second kappa shape index (κ2) is 3.73. The summed E-state index contributed by atoms with van der Waals surface area (Å²) in [6.45, 7) is 5.41. The number of nitrogens with zero attached hydrogens (tertiary/aromatic N) is 2. The lowest BCUT2D eigenvalue weighted by Crippen LogP contribution is -2.17. The fourth-order valence-corrected chi connectivity index (χ4v) is 2.27. The van der Waals surface area contributed by atoms with E-state index in [2.05, 4.69) is 30.1 Å². The maximum atomic E-state index is 5.32. The van der Waals surface area contributed by atoms with Gasteiger partial charge in [0, 0.05) is 12.6 Å². The third-order valence-electron chi connectivity index (χ3n) is 3.19. The molecular weight excluding hydrogens is 176 g/mol. The van der Waals surface area contributed by atoms with E-state index in [1.807, 2.05) is 6.92 Å². The highest BCUT2D eigenvalue weighted by Gasteiger charge is 2.31. The van der Waals surface area contributed by atoms with Gasteiger partial charge in [-0.05, 0) is 26.3 Å². The summed E-state index contributed by atoms with van der Waals surface area (Å²) in [5.74, 6) is 1.84. The molecule has 0 unspecified atom stereocenters. The minimum absolute atomic E-state index is 0.446. The first-order valence-corrected chi connectivity index (χ1v) is 5.34. The fraction of sp³-hybridized carbons (Fsp3) is 0.727. The van der Waals surface area contributed by atoms with Crippen LogP contribution < -0.4 is 0 Å². The third kappa shape index (κ3) is 1.69. The van der Waals surface area contributed by atoms with Crippen molar-refractivity contribution < 1.29 is 4.52 Å². The van der Waals surface area contributed by atoms with E-state index in [0.29, 0.717) is 6.04 Å². The van der Waals surface area contributed by atoms with Gasteiger partial charge < -0.3 is 4.52 Å². The Labute approximate surface area is 85.1 Å². The largest absolute Gasteiger partial charge is 0.359 e. The van der Waals surface area contributed by atoms with Crippen molar-refractivity contribution in [2.75, 3.05) is 13.6 Å². The molecule has 3 heteroatoms. The Morgan fingerprint density at radius 2 is 2.43 bits per heavy atom. The van der Waals surface area contributed by atoms with Gasteiger partial charge in [-0.2, -0.15) is 0 Å². The number of likely N-dealkylation sites (tertiary alicyclic amines) is 1. The standard InChI is InChI=1S/C11H18N2O/c1-4-9-6-10(13(3)7-9)11-5-8(2)12-14-11/h5,9-10H,4,6-7H2,1-3H3/t9-,10+/m1/s1. The Hall–Kier alpha value is -0.830. The summed E-state index contributed by atoms with van der Waals surface area (Å²) in [6, 6.07) is 2.50. The van der Waals surface area contributed by atoms with Crippen molar-refractivity contribution >= 4 is 0 Å². The zero-order chi connectivity index (χ0) is 10.1. The Morgan fingerprint density at radius 3 is 2.93 bits per heavy atom. The Balaban J connectivity index is 2.12. The van der Waals surface area contributed by atoms with E-state index >= 15 is 0 Å². The Morgan fingerprint density at radius 1 is 1.64 bits per heavy atom. The van der Waals surface area contributed by atoms with Gasteiger partial charge in [-0.3, -0.25) is 4.90 Å². The van der Waals surface area contributed by atoms with E-state index in [-0.39, 0.29) is 0 Å². The number of rotatable bonds is 2. The third-order valence-corrected chi connectivity index (χ3v) is 3.19. The van der Waals surface area contributed by atoms with Gasteiger partial charge in [0.05, 0.1) is 11.7 Å². The summed E-state index contributed by atoms with van der Waals surface area (Å²) in [5, 5.41) is 3.94. The molecule has 0 aliphatic carbocycles. The minimum Gasteiger partial charge on any atom is -0.359 e. The van der Waals surface area contributed by atoms with Crippen molar-refractivity contribution in [2.45, 2.75) is 32.7 Å². The lowest BCUT2D eigenvalue weighted by Gasteiger charge is -2.15. The minimum atomic E-state index is 0.446. The van der Waals surface area contributed by atoms with Gasteiger partial charge in [-0.1, -0.05) is 18.5 Å². The summed E-state index contributed by atoms with van der Waals surface area (Å²) in [6.07, 6.45) is 2.47. The van der Waals surface area contributed by atoms with Crippen LogP contribution in [0.4, 0.5) is 0 Å². The van der Waals surface area contributed by atoms with Gasteiger partial charge in [0.15, 0.2) is 5.76 Å². The van der Waals surface area contributed by atoms with Crippen LogP contribution >= 0.6 is 0 Å². The molecule has 2 atom stereocenters. The first-order valence-electron chi connectivity index (χ1n) is 5.34. The molecular formula is C11H18N2O. The molecule has 14 heavy (non-hydrogen) atoms. The summed E-state index contributed by atoms with van der Waals surface area (Å²) in [5.41, 5.74) is 0.980. The van der Waals surface area contributed by atoms with Crippen molar-refractivity contribution in [1.29, 1.82) is 0 Å². The fourth-order valence-electron chi connectivity index (χ4n) is 2.27. The molecule has 0 radical (unpaired) electrons. The molecule has 2 rings (SSSR count). The lowest BCUT2D eigenvalue weighted by molar-refractivity contribution is 0.250. The molecule has 1 fully saturated rings. The van der Waals surface area contributed by atoms with Crippen LogP contribution in [0.3, 0.4) is 0 Å². The van der Waals surface area contributed by atoms with Crippen LogP contribution in [0.1, 0.15) is 37.3 Å². The van der Waals surface area contributed by atoms with Crippen LogP contribution in [0.2, 0.25) is 0 Å². The van der Waals surface area contributed by atoms with Crippen molar-refractivity contribution in [3.63, 3.8) is 0 Å². The maximum absolute atomic E-state index is 5.32. The molecule has 3 nitrogen and oxygen atoms in total. The lowest BCUT2D eigenvalue weighted by atomic mass is 10.0. The molecule has 1 aliphatic heterocycles. The molecule has 2 heterocycles. The van der Waals surface area contributed by atoms with Gasteiger partial charge in [0.25, 0.3) is 0 Å². The van der Waals surface area contributed by atoms with Gasteiger partial charge in [-0.25, -0.2) is 0 Å². The highest BCUT2D eigenvalue weighted by atomic mass is 16.5. The van der Waals surface area contributed by atoms with Crippen LogP contribution in [0.25, 0.3) is 0 Å². The SMILES string of the molecule is CC[C@@H]1C[C@@H](c2cc(C)no2)N(C)C1. The average molecular weight is 194 g/mol. The van der Waals surface area contributed by atoms with E-state index < -0.39 is 0 Å². The van der Waals surface area contributed by atoms with E-state index in [4.69, 9.17) is 4.52 Å². The molecule has 0 N–H and O–H groups in total. The van der Waals surface area contributed by atoms with Gasteiger partial charge in [0.2, 0.25) is 0 Å². The second-order valence-corrected chi connectivity index (χ2v) is 4.34. The molecule has 78 valence electrons. The van der Waals surface area contributed by atoms with E-state index in [0.717, 1.165) is 17.4 Å². The van der Waals surface area contributed by atoms with E-state index in [1.54, 1.807) is 0 Å². The molecule has 1 aliphatic rings. The summed E-state index contributed by atoms with van der Waals surface area (Å²) < 4.78 is 5.32. The molecule has 1 saturated heterocycles. The topological polar surface area (TPSA) is 29.3 Å². The van der Waals surface area contributed by atoms with Crippen molar-refractivity contribution in [3.05, 3.63) is 17.5 Å².